The lowest BCUT2D eigenvalue weighted by Crippen LogP contribution is -2.24. The Kier molecular flexibility index (Phi) is 9.15. The number of hydrogen-bond donors (Lipinski definition) is 2. The standard InChI is InChI=1S/C27H28N2O3S/c1-3-25(27(31)29-23-15-8-9-16-24(23)32-4-2)33-22-14-10-13-21(19-22)28-26(30)18-17-20-11-6-5-7-12-20/h5-19,25H,3-4H2,1-2H3,(H,28,30)(H,29,31)/b18-17+. The monoisotopic (exact) mass is 460 g/mol. The van der Waals surface area contributed by atoms with Gasteiger partial charge < -0.3 is 15.4 Å². The van der Waals surface area contributed by atoms with Crippen molar-refractivity contribution in [2.45, 2.75) is 30.4 Å². The van der Waals surface area contributed by atoms with Crippen LogP contribution in [0.5, 0.6) is 5.75 Å². The predicted molar refractivity (Wildman–Crippen MR) is 137 cm³/mol. The summed E-state index contributed by atoms with van der Waals surface area (Å²) in [6.07, 6.45) is 3.93. The Bertz CT molecular complexity index is 1100. The normalized spacial score (nSPS) is 11.7. The van der Waals surface area contributed by atoms with Crippen LogP contribution in [0, 0.1) is 0 Å². The summed E-state index contributed by atoms with van der Waals surface area (Å²) in [6.45, 7) is 4.41. The molecule has 33 heavy (non-hydrogen) atoms. The molecule has 0 fully saturated rings. The molecular formula is C27H28N2O3S. The molecule has 0 heterocycles. The molecule has 0 aliphatic heterocycles. The summed E-state index contributed by atoms with van der Waals surface area (Å²) < 4.78 is 5.60. The molecule has 0 aliphatic carbocycles. The second-order valence-corrected chi connectivity index (χ2v) is 8.47. The van der Waals surface area contributed by atoms with Crippen LogP contribution in [-0.2, 0) is 9.59 Å². The van der Waals surface area contributed by atoms with E-state index >= 15 is 0 Å². The van der Waals surface area contributed by atoms with Gasteiger partial charge in [-0.05, 0) is 55.3 Å². The van der Waals surface area contributed by atoms with Crippen LogP contribution in [0.2, 0.25) is 0 Å². The number of para-hydroxylation sites is 2. The smallest absolute Gasteiger partial charge is 0.248 e. The summed E-state index contributed by atoms with van der Waals surface area (Å²) in [4.78, 5) is 26.1. The Balaban J connectivity index is 1.62. The van der Waals surface area contributed by atoms with Crippen LogP contribution >= 0.6 is 11.8 Å². The second-order valence-electron chi connectivity index (χ2n) is 7.19. The van der Waals surface area contributed by atoms with Gasteiger partial charge in [0.05, 0.1) is 17.5 Å². The first-order valence-electron chi connectivity index (χ1n) is 10.9. The molecule has 170 valence electrons. The number of ether oxygens (including phenoxy) is 1. The van der Waals surface area contributed by atoms with Gasteiger partial charge in [0.15, 0.2) is 0 Å². The van der Waals surface area contributed by atoms with Gasteiger partial charge in [0.1, 0.15) is 5.75 Å². The number of nitrogens with one attached hydrogen (secondary N) is 2. The highest BCUT2D eigenvalue weighted by Gasteiger charge is 2.19. The summed E-state index contributed by atoms with van der Waals surface area (Å²) in [5.41, 5.74) is 2.30. The fraction of sp³-hybridized carbons (Fsp3) is 0.185. The molecule has 3 aromatic carbocycles. The lowest BCUT2D eigenvalue weighted by Gasteiger charge is -2.17. The van der Waals surface area contributed by atoms with Crippen LogP contribution in [0.25, 0.3) is 6.08 Å². The minimum absolute atomic E-state index is 0.0881. The third-order valence-electron chi connectivity index (χ3n) is 4.71. The van der Waals surface area contributed by atoms with Gasteiger partial charge in [-0.3, -0.25) is 9.59 Å². The van der Waals surface area contributed by atoms with Crippen molar-refractivity contribution in [3.8, 4) is 5.75 Å². The Morgan fingerprint density at radius 1 is 0.939 bits per heavy atom. The van der Waals surface area contributed by atoms with E-state index in [0.29, 0.717) is 30.2 Å². The van der Waals surface area contributed by atoms with E-state index in [1.165, 1.54) is 17.8 Å². The van der Waals surface area contributed by atoms with E-state index in [9.17, 15) is 9.59 Å². The zero-order chi connectivity index (χ0) is 23.5. The average Bonchev–Trinajstić information content (AvgIpc) is 2.83. The van der Waals surface area contributed by atoms with Crippen LogP contribution in [-0.4, -0.2) is 23.7 Å². The van der Waals surface area contributed by atoms with Gasteiger partial charge in [0.2, 0.25) is 11.8 Å². The van der Waals surface area contributed by atoms with Crippen molar-refractivity contribution in [1.82, 2.24) is 0 Å². The van der Waals surface area contributed by atoms with E-state index in [1.807, 2.05) is 92.7 Å². The van der Waals surface area contributed by atoms with Crippen LogP contribution in [0.15, 0.2) is 89.8 Å². The summed E-state index contributed by atoms with van der Waals surface area (Å²) in [7, 11) is 0. The summed E-state index contributed by atoms with van der Waals surface area (Å²) >= 11 is 1.46. The van der Waals surface area contributed by atoms with Gasteiger partial charge in [-0.1, -0.05) is 55.5 Å². The number of rotatable bonds is 10. The largest absolute Gasteiger partial charge is 0.492 e. The van der Waals surface area contributed by atoms with E-state index in [0.717, 1.165) is 10.5 Å². The fourth-order valence-corrected chi connectivity index (χ4v) is 4.13. The molecule has 0 radical (unpaired) electrons. The minimum Gasteiger partial charge on any atom is -0.492 e. The third-order valence-corrected chi connectivity index (χ3v) is 6.07. The molecule has 5 nitrogen and oxygen atoms in total. The van der Waals surface area contributed by atoms with Crippen molar-refractivity contribution in [2.75, 3.05) is 17.2 Å². The highest BCUT2D eigenvalue weighted by atomic mass is 32.2. The molecule has 2 N–H and O–H groups in total. The van der Waals surface area contributed by atoms with E-state index < -0.39 is 0 Å². The van der Waals surface area contributed by atoms with Gasteiger partial charge in [0, 0.05) is 16.7 Å². The second kappa shape index (κ2) is 12.5. The molecular weight excluding hydrogens is 432 g/mol. The number of carbonyl (C=O) groups is 2. The first kappa shape index (κ1) is 24.1. The topological polar surface area (TPSA) is 67.4 Å². The minimum atomic E-state index is -0.288. The number of hydrogen-bond acceptors (Lipinski definition) is 4. The molecule has 0 saturated carbocycles. The highest BCUT2D eigenvalue weighted by molar-refractivity contribution is 8.00. The van der Waals surface area contributed by atoms with Crippen molar-refractivity contribution in [3.63, 3.8) is 0 Å². The molecule has 1 atom stereocenters. The van der Waals surface area contributed by atoms with Crippen molar-refractivity contribution in [3.05, 3.63) is 90.5 Å². The molecule has 0 aromatic heterocycles. The van der Waals surface area contributed by atoms with Crippen LogP contribution < -0.4 is 15.4 Å². The maximum atomic E-state index is 12.9. The SMILES string of the molecule is CCOc1ccccc1NC(=O)C(CC)Sc1cccc(NC(=O)/C=C/c2ccccc2)c1. The molecule has 3 aromatic rings. The van der Waals surface area contributed by atoms with Crippen LogP contribution in [0.3, 0.4) is 0 Å². The van der Waals surface area contributed by atoms with E-state index in [-0.39, 0.29) is 17.1 Å². The van der Waals surface area contributed by atoms with Crippen molar-refractivity contribution in [1.29, 1.82) is 0 Å². The highest BCUT2D eigenvalue weighted by Crippen LogP contribution is 2.30. The molecule has 1 unspecified atom stereocenters. The first-order valence-corrected chi connectivity index (χ1v) is 11.8. The average molecular weight is 461 g/mol. The number of anilines is 2. The van der Waals surface area contributed by atoms with E-state index in [1.54, 1.807) is 6.08 Å². The zero-order valence-electron chi connectivity index (χ0n) is 18.8. The molecule has 0 aliphatic rings. The zero-order valence-corrected chi connectivity index (χ0v) is 19.6. The van der Waals surface area contributed by atoms with Gasteiger partial charge >= 0.3 is 0 Å². The van der Waals surface area contributed by atoms with Gasteiger partial charge in [0.25, 0.3) is 0 Å². The summed E-state index contributed by atoms with van der Waals surface area (Å²) in [6, 6.07) is 24.6. The number of carbonyl (C=O) groups excluding carboxylic acids is 2. The molecule has 0 saturated heterocycles. The van der Waals surface area contributed by atoms with Gasteiger partial charge in [-0.2, -0.15) is 0 Å². The molecule has 6 heteroatoms. The van der Waals surface area contributed by atoms with Crippen molar-refractivity contribution >= 4 is 41.0 Å². The maximum Gasteiger partial charge on any atom is 0.248 e. The third kappa shape index (κ3) is 7.54. The first-order chi connectivity index (χ1) is 16.1. The van der Waals surface area contributed by atoms with Crippen LogP contribution in [0.4, 0.5) is 11.4 Å². The number of amides is 2. The number of thioether (sulfide) groups is 1. The number of benzene rings is 3. The summed E-state index contributed by atoms with van der Waals surface area (Å²) in [5, 5.41) is 5.57. The molecule has 0 spiro atoms. The quantitative estimate of drug-likeness (QED) is 0.277. The Morgan fingerprint density at radius 3 is 2.45 bits per heavy atom. The van der Waals surface area contributed by atoms with Crippen molar-refractivity contribution < 1.29 is 14.3 Å². The fourth-order valence-electron chi connectivity index (χ4n) is 3.12. The molecule has 3 rings (SSSR count). The maximum absolute atomic E-state index is 12.9. The predicted octanol–water partition coefficient (Wildman–Crippen LogP) is 6.25. The summed E-state index contributed by atoms with van der Waals surface area (Å²) in [5.74, 6) is 0.356. The molecule has 0 bridgehead atoms. The van der Waals surface area contributed by atoms with E-state index in [4.69, 9.17) is 4.74 Å². The lowest BCUT2D eigenvalue weighted by atomic mass is 10.2. The van der Waals surface area contributed by atoms with Gasteiger partial charge in [-0.25, -0.2) is 0 Å². The molecule has 2 amide bonds. The Labute approximate surface area is 199 Å². The lowest BCUT2D eigenvalue weighted by molar-refractivity contribution is -0.115. The van der Waals surface area contributed by atoms with E-state index in [2.05, 4.69) is 10.6 Å². The Hall–Kier alpha value is -3.51. The van der Waals surface area contributed by atoms with Crippen molar-refractivity contribution in [2.24, 2.45) is 0 Å². The van der Waals surface area contributed by atoms with Crippen LogP contribution in [0.1, 0.15) is 25.8 Å². The Morgan fingerprint density at radius 2 is 1.70 bits per heavy atom. The van der Waals surface area contributed by atoms with Gasteiger partial charge in [-0.15, -0.1) is 11.8 Å².